The van der Waals surface area contributed by atoms with E-state index in [0.717, 1.165) is 22.9 Å². The first-order valence-electron chi connectivity index (χ1n) is 9.17. The Morgan fingerprint density at radius 3 is 2.53 bits per heavy atom. The number of nitrogens with zero attached hydrogens (tertiary/aromatic N) is 2. The average molecular weight is 435 g/mol. The summed E-state index contributed by atoms with van der Waals surface area (Å²) in [7, 11) is 0. The number of fused-ring (bicyclic) bond motifs is 1. The number of alkyl halides is 3. The third kappa shape index (κ3) is 4.84. The molecular formula is C21H20F3N3O2S. The van der Waals surface area contributed by atoms with E-state index in [2.05, 4.69) is 4.98 Å². The monoisotopic (exact) mass is 435 g/mol. The van der Waals surface area contributed by atoms with Gasteiger partial charge >= 0.3 is 6.18 Å². The first-order valence-corrected chi connectivity index (χ1v) is 10.1. The van der Waals surface area contributed by atoms with Gasteiger partial charge in [0, 0.05) is 0 Å². The molecule has 3 rings (SSSR count). The maximum atomic E-state index is 13.2. The van der Waals surface area contributed by atoms with Crippen molar-refractivity contribution in [2.45, 2.75) is 37.4 Å². The van der Waals surface area contributed by atoms with Crippen LogP contribution in [0.5, 0.6) is 0 Å². The van der Waals surface area contributed by atoms with Crippen molar-refractivity contribution < 1.29 is 18.0 Å². The van der Waals surface area contributed by atoms with E-state index in [4.69, 9.17) is 0 Å². The largest absolute Gasteiger partial charge is 0.405 e. The SMILES string of the molecule is Cc1ccc(-n2c(SC(C)C(=O)NCC(F)(F)F)nc3ccccc3c2=O)cc1C. The molecule has 0 bridgehead atoms. The summed E-state index contributed by atoms with van der Waals surface area (Å²) in [5.41, 5.74) is 2.74. The number of aromatic nitrogens is 2. The number of aryl methyl sites for hydroxylation is 2. The molecule has 158 valence electrons. The predicted molar refractivity (Wildman–Crippen MR) is 111 cm³/mol. The zero-order valence-electron chi connectivity index (χ0n) is 16.6. The van der Waals surface area contributed by atoms with E-state index in [1.165, 1.54) is 11.5 Å². The van der Waals surface area contributed by atoms with Crippen molar-refractivity contribution in [3.05, 3.63) is 63.9 Å². The second-order valence-electron chi connectivity index (χ2n) is 6.91. The van der Waals surface area contributed by atoms with Gasteiger partial charge in [-0.3, -0.25) is 14.2 Å². The molecule has 0 saturated carbocycles. The number of amides is 1. The molecule has 1 atom stereocenters. The normalized spacial score (nSPS) is 12.7. The number of thioether (sulfide) groups is 1. The van der Waals surface area contributed by atoms with E-state index in [1.54, 1.807) is 30.3 Å². The third-order valence-corrected chi connectivity index (χ3v) is 5.66. The zero-order valence-corrected chi connectivity index (χ0v) is 17.4. The van der Waals surface area contributed by atoms with Crippen molar-refractivity contribution in [3.8, 4) is 5.69 Å². The van der Waals surface area contributed by atoms with E-state index >= 15 is 0 Å². The minimum Gasteiger partial charge on any atom is -0.346 e. The summed E-state index contributed by atoms with van der Waals surface area (Å²) in [5, 5.41) is 1.62. The van der Waals surface area contributed by atoms with Gasteiger partial charge in [-0.1, -0.05) is 30.0 Å². The van der Waals surface area contributed by atoms with Gasteiger partial charge in [0.1, 0.15) is 6.54 Å². The molecule has 0 spiro atoms. The Morgan fingerprint density at radius 2 is 1.87 bits per heavy atom. The van der Waals surface area contributed by atoms with Crippen LogP contribution in [0.15, 0.2) is 52.4 Å². The smallest absolute Gasteiger partial charge is 0.346 e. The van der Waals surface area contributed by atoms with Crippen molar-refractivity contribution in [1.29, 1.82) is 0 Å². The van der Waals surface area contributed by atoms with Crippen molar-refractivity contribution in [2.75, 3.05) is 6.54 Å². The van der Waals surface area contributed by atoms with E-state index in [0.29, 0.717) is 16.6 Å². The number of halogens is 3. The topological polar surface area (TPSA) is 64.0 Å². The van der Waals surface area contributed by atoms with E-state index in [9.17, 15) is 22.8 Å². The van der Waals surface area contributed by atoms with Gasteiger partial charge in [-0.25, -0.2) is 4.98 Å². The van der Waals surface area contributed by atoms with Crippen LogP contribution in [0.3, 0.4) is 0 Å². The number of hydrogen-bond donors (Lipinski definition) is 1. The van der Waals surface area contributed by atoms with Crippen LogP contribution in [0.25, 0.3) is 16.6 Å². The summed E-state index contributed by atoms with van der Waals surface area (Å²) in [4.78, 5) is 29.9. The molecule has 1 unspecified atom stereocenters. The summed E-state index contributed by atoms with van der Waals surface area (Å²) < 4.78 is 38.6. The van der Waals surface area contributed by atoms with Gasteiger partial charge in [0.15, 0.2) is 5.16 Å². The number of hydrogen-bond acceptors (Lipinski definition) is 4. The molecule has 1 amide bonds. The minimum absolute atomic E-state index is 0.233. The highest BCUT2D eigenvalue weighted by Gasteiger charge is 2.29. The summed E-state index contributed by atoms with van der Waals surface area (Å²) in [6, 6.07) is 12.3. The lowest BCUT2D eigenvalue weighted by Crippen LogP contribution is -2.38. The summed E-state index contributed by atoms with van der Waals surface area (Å²) in [5.74, 6) is -0.786. The van der Waals surface area contributed by atoms with Crippen LogP contribution in [0.2, 0.25) is 0 Å². The van der Waals surface area contributed by atoms with Crippen molar-refractivity contribution >= 4 is 28.6 Å². The highest BCUT2D eigenvalue weighted by atomic mass is 32.2. The molecule has 0 aliphatic carbocycles. The maximum Gasteiger partial charge on any atom is 0.405 e. The van der Waals surface area contributed by atoms with E-state index < -0.39 is 23.9 Å². The van der Waals surface area contributed by atoms with Gasteiger partial charge in [-0.15, -0.1) is 0 Å². The fourth-order valence-corrected chi connectivity index (χ4v) is 3.78. The molecule has 1 N–H and O–H groups in total. The second kappa shape index (κ2) is 8.51. The molecule has 30 heavy (non-hydrogen) atoms. The Morgan fingerprint density at radius 1 is 1.17 bits per heavy atom. The van der Waals surface area contributed by atoms with Crippen molar-refractivity contribution in [1.82, 2.24) is 14.9 Å². The lowest BCUT2D eigenvalue weighted by Gasteiger charge is -2.17. The second-order valence-corrected chi connectivity index (χ2v) is 8.22. The van der Waals surface area contributed by atoms with Crippen LogP contribution in [0.4, 0.5) is 13.2 Å². The third-order valence-electron chi connectivity index (χ3n) is 4.61. The molecule has 3 aromatic rings. The lowest BCUT2D eigenvalue weighted by atomic mass is 10.1. The lowest BCUT2D eigenvalue weighted by molar-refractivity contribution is -0.137. The number of carbonyl (C=O) groups excluding carboxylic acids is 1. The number of benzene rings is 2. The molecule has 1 heterocycles. The van der Waals surface area contributed by atoms with Gasteiger partial charge < -0.3 is 5.32 Å². The quantitative estimate of drug-likeness (QED) is 0.483. The summed E-state index contributed by atoms with van der Waals surface area (Å²) in [6.07, 6.45) is -4.50. The van der Waals surface area contributed by atoms with Crippen LogP contribution < -0.4 is 10.9 Å². The van der Waals surface area contributed by atoms with Crippen LogP contribution in [0.1, 0.15) is 18.1 Å². The Balaban J connectivity index is 2.05. The van der Waals surface area contributed by atoms with E-state index in [1.807, 2.05) is 31.3 Å². The predicted octanol–water partition coefficient (Wildman–Crippen LogP) is 4.16. The van der Waals surface area contributed by atoms with Crippen LogP contribution in [-0.4, -0.2) is 33.4 Å². The molecule has 0 aliphatic rings. The summed E-state index contributed by atoms with van der Waals surface area (Å²) in [6.45, 7) is 3.93. The highest BCUT2D eigenvalue weighted by molar-refractivity contribution is 8.00. The Bertz CT molecular complexity index is 1160. The minimum atomic E-state index is -4.50. The number of carbonyl (C=O) groups is 1. The van der Waals surface area contributed by atoms with Gasteiger partial charge in [0.2, 0.25) is 5.91 Å². The number of rotatable bonds is 5. The zero-order chi connectivity index (χ0) is 22.1. The van der Waals surface area contributed by atoms with Gasteiger partial charge in [-0.2, -0.15) is 13.2 Å². The van der Waals surface area contributed by atoms with Gasteiger partial charge in [-0.05, 0) is 56.2 Å². The van der Waals surface area contributed by atoms with Crippen LogP contribution in [0, 0.1) is 13.8 Å². The van der Waals surface area contributed by atoms with Crippen molar-refractivity contribution in [2.24, 2.45) is 0 Å². The van der Waals surface area contributed by atoms with Gasteiger partial charge in [0.05, 0.1) is 21.8 Å². The average Bonchev–Trinajstić information content (AvgIpc) is 2.68. The fraction of sp³-hybridized carbons (Fsp3) is 0.286. The first-order chi connectivity index (χ1) is 14.1. The van der Waals surface area contributed by atoms with Crippen LogP contribution in [-0.2, 0) is 4.79 Å². The molecule has 1 aromatic heterocycles. The van der Waals surface area contributed by atoms with Gasteiger partial charge in [0.25, 0.3) is 5.56 Å². The van der Waals surface area contributed by atoms with Crippen molar-refractivity contribution in [3.63, 3.8) is 0 Å². The molecule has 0 radical (unpaired) electrons. The number of nitrogens with one attached hydrogen (secondary N) is 1. The maximum absolute atomic E-state index is 13.2. The molecule has 2 aromatic carbocycles. The van der Waals surface area contributed by atoms with Crippen LogP contribution >= 0.6 is 11.8 Å². The molecular weight excluding hydrogens is 415 g/mol. The molecule has 0 saturated heterocycles. The Kier molecular flexibility index (Phi) is 6.21. The number of para-hydroxylation sites is 1. The molecule has 0 fully saturated rings. The van der Waals surface area contributed by atoms with E-state index in [-0.39, 0.29) is 10.7 Å². The Labute approximate surface area is 175 Å². The molecule has 9 heteroatoms. The Hall–Kier alpha value is -2.81. The standard InChI is InChI=1S/C21H20F3N3O2S/c1-12-8-9-15(10-13(12)2)27-19(29)16-6-4-5-7-17(16)26-20(27)30-14(3)18(28)25-11-21(22,23)24/h4-10,14H,11H2,1-3H3,(H,25,28). The fourth-order valence-electron chi connectivity index (χ4n) is 2.83. The summed E-state index contributed by atoms with van der Waals surface area (Å²) >= 11 is 0.935. The first kappa shape index (κ1) is 21.9. The molecule has 0 aliphatic heterocycles. The highest BCUT2D eigenvalue weighted by Crippen LogP contribution is 2.26. The molecule has 5 nitrogen and oxygen atoms in total.